The summed E-state index contributed by atoms with van der Waals surface area (Å²) in [6.45, 7) is 1.17. The highest BCUT2D eigenvalue weighted by Gasteiger charge is 2.09. The zero-order chi connectivity index (χ0) is 7.40. The third-order valence-corrected chi connectivity index (χ3v) is 2.88. The first-order chi connectivity index (χ1) is 4.84. The topological polar surface area (TPSA) is 15.6 Å². The Morgan fingerprint density at radius 3 is 3.00 bits per heavy atom. The molecule has 0 aromatic heterocycles. The Bertz CT molecular complexity index is 134. The van der Waals surface area contributed by atoms with Crippen LogP contribution >= 0.6 is 11.8 Å². The van der Waals surface area contributed by atoms with E-state index in [-0.39, 0.29) is 0 Å². The summed E-state index contributed by atoms with van der Waals surface area (Å²) in [5.41, 5.74) is 0. The van der Waals surface area contributed by atoms with Gasteiger partial charge < -0.3 is 4.90 Å². The van der Waals surface area contributed by atoms with E-state index < -0.39 is 0 Å². The maximum absolute atomic E-state index is 4.19. The molecule has 0 aromatic carbocycles. The molecule has 3 heteroatoms. The summed E-state index contributed by atoms with van der Waals surface area (Å²) in [7, 11) is 3.98. The van der Waals surface area contributed by atoms with Crippen LogP contribution in [-0.2, 0) is 0 Å². The van der Waals surface area contributed by atoms with Crippen molar-refractivity contribution in [1.29, 1.82) is 0 Å². The van der Waals surface area contributed by atoms with Crippen molar-refractivity contribution in [2.24, 2.45) is 4.99 Å². The third-order valence-electron chi connectivity index (χ3n) is 1.64. The van der Waals surface area contributed by atoms with E-state index in [2.05, 4.69) is 16.9 Å². The zero-order valence-corrected chi connectivity index (χ0v) is 7.45. The van der Waals surface area contributed by atoms with E-state index in [9.17, 15) is 0 Å². The average Bonchev–Trinajstić information content (AvgIpc) is 2.13. The highest BCUT2D eigenvalue weighted by molar-refractivity contribution is 8.13. The molecule has 1 aliphatic rings. The van der Waals surface area contributed by atoms with Gasteiger partial charge in [-0.1, -0.05) is 11.8 Å². The number of rotatable bonds is 0. The molecular formula is C7H14N2S. The lowest BCUT2D eigenvalue weighted by molar-refractivity contribution is 0.498. The van der Waals surface area contributed by atoms with E-state index in [0.29, 0.717) is 0 Å². The first kappa shape index (κ1) is 7.92. The van der Waals surface area contributed by atoms with Crippen LogP contribution in [0.15, 0.2) is 4.99 Å². The molecule has 58 valence electrons. The summed E-state index contributed by atoms with van der Waals surface area (Å²) in [5.74, 6) is 1.23. The predicted molar refractivity (Wildman–Crippen MR) is 47.7 cm³/mol. The minimum Gasteiger partial charge on any atom is -0.355 e. The van der Waals surface area contributed by atoms with Gasteiger partial charge in [-0.25, -0.2) is 0 Å². The van der Waals surface area contributed by atoms with Gasteiger partial charge in [-0.15, -0.1) is 0 Å². The second-order valence-corrected chi connectivity index (χ2v) is 3.55. The molecule has 0 amide bonds. The van der Waals surface area contributed by atoms with Gasteiger partial charge in [0.2, 0.25) is 0 Å². The second-order valence-electron chi connectivity index (χ2n) is 2.48. The van der Waals surface area contributed by atoms with Gasteiger partial charge in [-0.3, -0.25) is 4.99 Å². The summed E-state index contributed by atoms with van der Waals surface area (Å²) in [4.78, 5) is 6.43. The van der Waals surface area contributed by atoms with E-state index >= 15 is 0 Å². The highest BCUT2D eigenvalue weighted by Crippen LogP contribution is 2.14. The predicted octanol–water partition coefficient (Wildman–Crippen LogP) is 1.43. The van der Waals surface area contributed by atoms with Crippen molar-refractivity contribution in [3.8, 4) is 0 Å². The molecule has 0 N–H and O–H groups in total. The van der Waals surface area contributed by atoms with Crippen LogP contribution in [0.5, 0.6) is 0 Å². The van der Waals surface area contributed by atoms with E-state index in [0.717, 1.165) is 0 Å². The second kappa shape index (κ2) is 3.86. The van der Waals surface area contributed by atoms with Gasteiger partial charge in [0.15, 0.2) is 5.17 Å². The monoisotopic (exact) mass is 158 g/mol. The van der Waals surface area contributed by atoms with E-state index in [1.54, 1.807) is 0 Å². The molecule has 0 spiro atoms. The minimum atomic E-state index is 1.17. The van der Waals surface area contributed by atoms with Crippen molar-refractivity contribution in [2.45, 2.75) is 12.8 Å². The molecular weight excluding hydrogens is 144 g/mol. The van der Waals surface area contributed by atoms with E-state index in [1.165, 1.54) is 30.3 Å². The van der Waals surface area contributed by atoms with Crippen LogP contribution in [0.25, 0.3) is 0 Å². The number of nitrogens with zero attached hydrogens (tertiary/aromatic N) is 2. The first-order valence-corrected chi connectivity index (χ1v) is 4.64. The fourth-order valence-electron chi connectivity index (χ4n) is 1.06. The highest BCUT2D eigenvalue weighted by atomic mass is 32.2. The number of thioether (sulfide) groups is 1. The number of hydrogen-bond donors (Lipinski definition) is 0. The minimum absolute atomic E-state index is 1.17. The van der Waals surface area contributed by atoms with Gasteiger partial charge in [-0.05, 0) is 12.8 Å². The summed E-state index contributed by atoms with van der Waals surface area (Å²) in [6, 6.07) is 0. The summed E-state index contributed by atoms with van der Waals surface area (Å²) < 4.78 is 0. The molecule has 1 saturated heterocycles. The molecule has 1 heterocycles. The number of amidine groups is 1. The van der Waals surface area contributed by atoms with Crippen LogP contribution in [0.1, 0.15) is 12.8 Å². The zero-order valence-electron chi connectivity index (χ0n) is 6.63. The Hall–Kier alpha value is -0.180. The van der Waals surface area contributed by atoms with Crippen LogP contribution in [0.2, 0.25) is 0 Å². The van der Waals surface area contributed by atoms with Crippen molar-refractivity contribution in [2.75, 3.05) is 26.4 Å². The fourth-order valence-corrected chi connectivity index (χ4v) is 2.03. The lowest BCUT2D eigenvalue weighted by atomic mass is 10.3. The first-order valence-electron chi connectivity index (χ1n) is 3.65. The normalized spacial score (nSPS) is 25.0. The van der Waals surface area contributed by atoms with Crippen LogP contribution in [0.3, 0.4) is 0 Å². The summed E-state index contributed by atoms with van der Waals surface area (Å²) in [5, 5.41) is 1.19. The Labute approximate surface area is 66.7 Å². The maximum atomic E-state index is 4.19. The number of aliphatic imine (C=N–C) groups is 1. The molecule has 10 heavy (non-hydrogen) atoms. The molecule has 0 unspecified atom stereocenters. The molecule has 0 aromatic rings. The molecule has 0 atom stereocenters. The Balaban J connectivity index is 2.52. The van der Waals surface area contributed by atoms with Crippen molar-refractivity contribution < 1.29 is 0 Å². The summed E-state index contributed by atoms with van der Waals surface area (Å²) in [6.07, 6.45) is 2.64. The molecule has 1 aliphatic heterocycles. The Morgan fingerprint density at radius 1 is 1.50 bits per heavy atom. The Morgan fingerprint density at radius 2 is 2.30 bits per heavy atom. The van der Waals surface area contributed by atoms with Gasteiger partial charge >= 0.3 is 0 Å². The maximum Gasteiger partial charge on any atom is 0.158 e. The van der Waals surface area contributed by atoms with Crippen LogP contribution in [0.4, 0.5) is 0 Å². The van der Waals surface area contributed by atoms with Crippen molar-refractivity contribution in [1.82, 2.24) is 4.90 Å². The van der Waals surface area contributed by atoms with Gasteiger partial charge in [0, 0.05) is 26.4 Å². The van der Waals surface area contributed by atoms with Crippen molar-refractivity contribution in [3.63, 3.8) is 0 Å². The molecule has 0 radical (unpaired) electrons. The molecule has 1 rings (SSSR count). The molecule has 0 bridgehead atoms. The van der Waals surface area contributed by atoms with Gasteiger partial charge in [-0.2, -0.15) is 0 Å². The van der Waals surface area contributed by atoms with Crippen LogP contribution in [-0.4, -0.2) is 36.5 Å². The smallest absolute Gasteiger partial charge is 0.158 e. The standard InChI is InChI=1S/C7H14N2S/c1-8-7-9(2)5-3-4-6-10-7/h3-6H2,1-2H3. The van der Waals surface area contributed by atoms with Gasteiger partial charge in [0.1, 0.15) is 0 Å². The Kier molecular flexibility index (Phi) is 3.06. The van der Waals surface area contributed by atoms with Crippen LogP contribution < -0.4 is 0 Å². The molecule has 1 fully saturated rings. The van der Waals surface area contributed by atoms with Crippen molar-refractivity contribution >= 4 is 16.9 Å². The average molecular weight is 158 g/mol. The summed E-state index contributed by atoms with van der Waals surface area (Å²) >= 11 is 1.87. The fraction of sp³-hybridized carbons (Fsp3) is 0.857. The van der Waals surface area contributed by atoms with Crippen LogP contribution in [0, 0.1) is 0 Å². The lowest BCUT2D eigenvalue weighted by Crippen LogP contribution is -2.23. The SMILES string of the molecule is CN=C1SCCCCN1C. The molecule has 0 saturated carbocycles. The van der Waals surface area contributed by atoms with E-state index in [4.69, 9.17) is 0 Å². The lowest BCUT2D eigenvalue weighted by Gasteiger charge is -2.15. The van der Waals surface area contributed by atoms with Gasteiger partial charge in [0.25, 0.3) is 0 Å². The van der Waals surface area contributed by atoms with Crippen molar-refractivity contribution in [3.05, 3.63) is 0 Å². The molecule has 0 aliphatic carbocycles. The van der Waals surface area contributed by atoms with Gasteiger partial charge in [0.05, 0.1) is 0 Å². The van der Waals surface area contributed by atoms with E-state index in [1.807, 2.05) is 18.8 Å². The molecule has 2 nitrogen and oxygen atoms in total. The largest absolute Gasteiger partial charge is 0.355 e. The number of hydrogen-bond acceptors (Lipinski definition) is 2. The quantitative estimate of drug-likeness (QED) is 0.530. The third kappa shape index (κ3) is 1.90.